The van der Waals surface area contributed by atoms with Gasteiger partial charge in [0.15, 0.2) is 0 Å². The fraction of sp³-hybridized carbons (Fsp3) is 0.448. The maximum absolute atomic E-state index is 14.0. The first-order chi connectivity index (χ1) is 15.4. The fourth-order valence-electron chi connectivity index (χ4n) is 3.32. The number of halogens is 2. The maximum Gasteiger partial charge on any atom is 0.134 e. The van der Waals surface area contributed by atoms with Gasteiger partial charge in [0.05, 0.1) is 0 Å². The summed E-state index contributed by atoms with van der Waals surface area (Å²) in [6.07, 6.45) is 15.6. The third-order valence-electron chi connectivity index (χ3n) is 4.69. The van der Waals surface area contributed by atoms with E-state index in [-0.39, 0.29) is 0 Å². The zero-order chi connectivity index (χ0) is 24.9. The molecule has 0 fully saturated rings. The number of terminal acetylenes is 1. The Morgan fingerprint density at radius 2 is 1.88 bits per heavy atom. The molecule has 0 N–H and O–H groups in total. The van der Waals surface area contributed by atoms with Crippen LogP contribution in [-0.2, 0) is 0 Å². The Hall–Kier alpha value is -2.05. The predicted octanol–water partition coefficient (Wildman–Crippen LogP) is 9.94. The van der Waals surface area contributed by atoms with Crippen LogP contribution in [0.25, 0.3) is 6.08 Å². The molecule has 3 heteroatoms. The van der Waals surface area contributed by atoms with E-state index in [0.29, 0.717) is 22.8 Å². The van der Waals surface area contributed by atoms with Crippen LogP contribution in [0.2, 0.25) is 0 Å². The smallest absolute Gasteiger partial charge is 0.134 e. The van der Waals surface area contributed by atoms with Crippen LogP contribution in [0.4, 0.5) is 8.78 Å². The predicted molar refractivity (Wildman–Crippen MR) is 145 cm³/mol. The van der Waals surface area contributed by atoms with Gasteiger partial charge in [-0.3, -0.25) is 0 Å². The number of alkyl halides is 1. The van der Waals surface area contributed by atoms with Crippen molar-refractivity contribution in [2.24, 2.45) is 0 Å². The molecule has 1 aromatic rings. The molecule has 0 nitrogen and oxygen atoms in total. The molecule has 0 bridgehead atoms. The number of rotatable bonds is 11. The number of hydrogen-bond donors (Lipinski definition) is 1. The highest BCUT2D eigenvalue weighted by Crippen LogP contribution is 2.32. The minimum Gasteiger partial charge on any atom is -0.247 e. The van der Waals surface area contributed by atoms with Crippen LogP contribution in [0.3, 0.4) is 0 Å². The molecule has 1 unspecified atom stereocenters. The SMILES string of the molecule is C#C/C=C(F)\C(=C/CF)CCCC(CCC)c1cc(/C=C/C(=C)S)ccc1C.CC.CC. The number of thiol groups is 1. The van der Waals surface area contributed by atoms with E-state index in [1.54, 1.807) is 0 Å². The van der Waals surface area contributed by atoms with Crippen LogP contribution in [0, 0.1) is 19.3 Å². The van der Waals surface area contributed by atoms with E-state index in [0.717, 1.165) is 37.3 Å². The zero-order valence-electron chi connectivity index (χ0n) is 20.8. The summed E-state index contributed by atoms with van der Waals surface area (Å²) in [4.78, 5) is 0.710. The van der Waals surface area contributed by atoms with Crippen molar-refractivity contribution >= 4 is 18.7 Å². The van der Waals surface area contributed by atoms with Crippen molar-refractivity contribution in [2.45, 2.75) is 79.6 Å². The lowest BCUT2D eigenvalue weighted by molar-refractivity contribution is 0.529. The lowest BCUT2D eigenvalue weighted by Gasteiger charge is -2.20. The van der Waals surface area contributed by atoms with Crippen molar-refractivity contribution in [3.63, 3.8) is 0 Å². The molecule has 0 aliphatic heterocycles. The summed E-state index contributed by atoms with van der Waals surface area (Å²) in [7, 11) is 0. The molecule has 0 saturated carbocycles. The second-order valence-corrected chi connectivity index (χ2v) is 7.44. The Morgan fingerprint density at radius 3 is 2.41 bits per heavy atom. The Morgan fingerprint density at radius 1 is 1.22 bits per heavy atom. The summed E-state index contributed by atoms with van der Waals surface area (Å²) >= 11 is 4.20. The van der Waals surface area contributed by atoms with Gasteiger partial charge in [-0.15, -0.1) is 19.1 Å². The molecule has 0 aliphatic carbocycles. The standard InChI is InChI=1S/C25H30F2S.2C2H6/c1-5-8-22(10-7-11-23(16-17-26)25(27)9-6-2)24-18-21(14-12-19(24)3)15-13-20(4)28;2*1-2/h2,9,12-16,18,22,28H,4-5,7-8,10-11,17H2,1,3H3;2*1-2H3/b15-13+,23-16-,25-9+;;. The number of hydrogen-bond acceptors (Lipinski definition) is 1. The van der Waals surface area contributed by atoms with Crippen LogP contribution < -0.4 is 0 Å². The molecule has 0 spiro atoms. The van der Waals surface area contributed by atoms with Crippen LogP contribution in [-0.4, -0.2) is 6.67 Å². The molecule has 32 heavy (non-hydrogen) atoms. The second-order valence-electron chi connectivity index (χ2n) is 6.86. The van der Waals surface area contributed by atoms with Crippen LogP contribution in [0.15, 0.2) is 59.3 Å². The number of allylic oxidation sites excluding steroid dienone is 5. The summed E-state index contributed by atoms with van der Waals surface area (Å²) in [5.74, 6) is 2.03. The number of aryl methyl sites for hydroxylation is 1. The summed E-state index contributed by atoms with van der Waals surface area (Å²) < 4.78 is 26.7. The molecule has 0 aliphatic rings. The van der Waals surface area contributed by atoms with Gasteiger partial charge >= 0.3 is 0 Å². The van der Waals surface area contributed by atoms with Crippen LogP contribution >= 0.6 is 12.6 Å². The van der Waals surface area contributed by atoms with Crippen LogP contribution in [0.5, 0.6) is 0 Å². The lowest BCUT2D eigenvalue weighted by atomic mass is 9.85. The van der Waals surface area contributed by atoms with Crippen molar-refractivity contribution in [3.05, 3.63) is 76.0 Å². The average molecular weight is 461 g/mol. The van der Waals surface area contributed by atoms with Crippen molar-refractivity contribution in [1.29, 1.82) is 0 Å². The highest BCUT2D eigenvalue weighted by molar-refractivity contribution is 7.84. The molecule has 178 valence electrons. The van der Waals surface area contributed by atoms with E-state index in [2.05, 4.69) is 57.2 Å². The first-order valence-electron chi connectivity index (χ1n) is 11.7. The Kier molecular flexibility index (Phi) is 20.9. The molecule has 0 radical (unpaired) electrons. The monoisotopic (exact) mass is 460 g/mol. The van der Waals surface area contributed by atoms with Crippen molar-refractivity contribution < 1.29 is 8.78 Å². The van der Waals surface area contributed by atoms with E-state index >= 15 is 0 Å². The van der Waals surface area contributed by atoms with Gasteiger partial charge in [0.2, 0.25) is 0 Å². The highest BCUT2D eigenvalue weighted by Gasteiger charge is 2.14. The summed E-state index contributed by atoms with van der Waals surface area (Å²) in [6, 6.07) is 6.42. The van der Waals surface area contributed by atoms with Crippen LogP contribution in [0.1, 0.15) is 89.3 Å². The molecule has 1 atom stereocenters. The summed E-state index contributed by atoms with van der Waals surface area (Å²) in [6.45, 7) is 15.4. The minimum absolute atomic E-state index is 0.358. The van der Waals surface area contributed by atoms with E-state index in [1.807, 2.05) is 39.8 Å². The van der Waals surface area contributed by atoms with Gasteiger partial charge < -0.3 is 0 Å². The zero-order valence-corrected chi connectivity index (χ0v) is 21.7. The molecular formula is C29H42F2S. The van der Waals surface area contributed by atoms with Gasteiger partial charge in [-0.05, 0) is 77.8 Å². The maximum atomic E-state index is 14.0. The van der Waals surface area contributed by atoms with E-state index in [1.165, 1.54) is 17.2 Å². The highest BCUT2D eigenvalue weighted by atomic mass is 32.1. The van der Waals surface area contributed by atoms with E-state index in [4.69, 9.17) is 6.42 Å². The molecule has 1 aromatic carbocycles. The minimum atomic E-state index is -0.691. The first-order valence-corrected chi connectivity index (χ1v) is 12.1. The molecule has 0 heterocycles. The van der Waals surface area contributed by atoms with E-state index in [9.17, 15) is 8.78 Å². The largest absolute Gasteiger partial charge is 0.247 e. The summed E-state index contributed by atoms with van der Waals surface area (Å²) in [5.41, 5.74) is 4.02. The fourth-order valence-corrected chi connectivity index (χ4v) is 3.39. The summed E-state index contributed by atoms with van der Waals surface area (Å²) in [5, 5.41) is 0. The Labute approximate surface area is 202 Å². The van der Waals surface area contributed by atoms with Gasteiger partial charge in [-0.2, -0.15) is 0 Å². The van der Waals surface area contributed by atoms with Gasteiger partial charge in [0, 0.05) is 6.08 Å². The topological polar surface area (TPSA) is 0 Å². The third kappa shape index (κ3) is 13.4. The molecule has 0 amide bonds. The van der Waals surface area contributed by atoms with Gasteiger partial charge in [-0.25, -0.2) is 8.78 Å². The van der Waals surface area contributed by atoms with Crippen molar-refractivity contribution in [3.8, 4) is 12.3 Å². The second kappa shape index (κ2) is 20.8. The third-order valence-corrected chi connectivity index (χ3v) is 4.84. The molecule has 1 rings (SSSR count). The average Bonchev–Trinajstić information content (AvgIpc) is 2.80. The van der Waals surface area contributed by atoms with Crippen molar-refractivity contribution in [2.75, 3.05) is 6.67 Å². The van der Waals surface area contributed by atoms with Gasteiger partial charge in [0.1, 0.15) is 12.5 Å². The quantitative estimate of drug-likeness (QED) is 0.189. The van der Waals surface area contributed by atoms with Gasteiger partial charge in [-0.1, -0.05) is 77.8 Å². The first kappa shape index (κ1) is 32.1. The number of benzene rings is 1. The van der Waals surface area contributed by atoms with E-state index < -0.39 is 12.5 Å². The Bertz CT molecular complexity index is 779. The van der Waals surface area contributed by atoms with Crippen molar-refractivity contribution in [1.82, 2.24) is 0 Å². The molecule has 0 aromatic heterocycles. The lowest BCUT2D eigenvalue weighted by Crippen LogP contribution is -2.03. The van der Waals surface area contributed by atoms with Gasteiger partial charge in [0.25, 0.3) is 0 Å². The Balaban J connectivity index is 0. The normalized spacial score (nSPS) is 12.2. The molecular weight excluding hydrogens is 418 g/mol. The molecule has 0 saturated heterocycles.